The van der Waals surface area contributed by atoms with E-state index in [9.17, 15) is 9.59 Å². The van der Waals surface area contributed by atoms with Gasteiger partial charge >= 0.3 is 0 Å². The Labute approximate surface area is 123 Å². The van der Waals surface area contributed by atoms with Crippen molar-refractivity contribution in [2.75, 3.05) is 6.54 Å². The van der Waals surface area contributed by atoms with Crippen LogP contribution in [0.25, 0.3) is 0 Å². The normalized spacial score (nSPS) is 13.4. The highest BCUT2D eigenvalue weighted by atomic mass is 16.5. The molecule has 6 nitrogen and oxygen atoms in total. The summed E-state index contributed by atoms with van der Waals surface area (Å²) in [5, 5.41) is 11.1. The van der Waals surface area contributed by atoms with Crippen molar-refractivity contribution in [1.82, 2.24) is 5.32 Å². The Morgan fingerprint density at radius 1 is 1.33 bits per heavy atom. The van der Waals surface area contributed by atoms with Gasteiger partial charge in [0.2, 0.25) is 12.0 Å². The fourth-order valence-electron chi connectivity index (χ4n) is 1.84. The van der Waals surface area contributed by atoms with E-state index in [1.165, 1.54) is 12.5 Å². The fraction of sp³-hybridized carbons (Fsp3) is 0.400. The largest absolute Gasteiger partial charge is 0.388 e. The maximum absolute atomic E-state index is 10.6. The molecule has 0 saturated carbocycles. The molecule has 21 heavy (non-hydrogen) atoms. The quantitative estimate of drug-likeness (QED) is 0.514. The Hall–Kier alpha value is -2.64. The van der Waals surface area contributed by atoms with Crippen molar-refractivity contribution in [3.63, 3.8) is 0 Å². The van der Waals surface area contributed by atoms with Crippen LogP contribution in [0, 0.1) is 18.4 Å². The molecule has 1 fully saturated rings. The average molecular weight is 287 g/mol. The van der Waals surface area contributed by atoms with Gasteiger partial charge in [0.25, 0.3) is 6.26 Å². The summed E-state index contributed by atoms with van der Waals surface area (Å²) in [6, 6.07) is 4.92. The number of nitrogens with one attached hydrogen (secondary N) is 1. The molecule has 2 rings (SSSR count). The maximum atomic E-state index is 10.6. The van der Waals surface area contributed by atoms with Crippen LogP contribution in [-0.4, -0.2) is 18.5 Å². The van der Waals surface area contributed by atoms with E-state index in [1.54, 1.807) is 31.4 Å². The lowest BCUT2D eigenvalue weighted by molar-refractivity contribution is -0.120. The van der Waals surface area contributed by atoms with Crippen molar-refractivity contribution in [3.8, 4) is 12.0 Å². The zero-order valence-corrected chi connectivity index (χ0v) is 11.9. The molecule has 0 unspecified atom stereocenters. The van der Waals surface area contributed by atoms with Gasteiger partial charge in [-0.2, -0.15) is 4.99 Å². The molecule has 0 spiro atoms. The molecule has 110 valence electrons. The molecule has 1 aliphatic rings. The van der Waals surface area contributed by atoms with Gasteiger partial charge < -0.3 is 10.1 Å². The van der Waals surface area contributed by atoms with Crippen molar-refractivity contribution in [2.24, 2.45) is 4.99 Å². The lowest BCUT2D eigenvalue weighted by atomic mass is 10.2. The number of isocyanates is 1. The summed E-state index contributed by atoms with van der Waals surface area (Å²) < 4.78 is 4.64. The predicted molar refractivity (Wildman–Crippen MR) is 76.7 cm³/mol. The highest BCUT2D eigenvalue weighted by Gasteiger charge is 2.04. The summed E-state index contributed by atoms with van der Waals surface area (Å²) in [6.07, 6.45) is 7.16. The molecule has 0 aromatic heterocycles. The van der Waals surface area contributed by atoms with E-state index in [2.05, 4.69) is 15.0 Å². The van der Waals surface area contributed by atoms with E-state index >= 15 is 0 Å². The first-order valence-corrected chi connectivity index (χ1v) is 6.69. The summed E-state index contributed by atoms with van der Waals surface area (Å²) in [6.45, 7) is 2.60. The number of ether oxygens (including phenoxy) is 1. The topological polar surface area (TPSA) is 91.5 Å². The summed E-state index contributed by atoms with van der Waals surface area (Å²) in [5.41, 5.74) is 1.11. The van der Waals surface area contributed by atoms with Crippen LogP contribution < -0.4 is 10.1 Å². The van der Waals surface area contributed by atoms with E-state index in [0.29, 0.717) is 17.0 Å². The van der Waals surface area contributed by atoms with Crippen LogP contribution in [0.1, 0.15) is 31.2 Å². The minimum Gasteiger partial charge on any atom is -0.388 e. The Morgan fingerprint density at radius 2 is 2.14 bits per heavy atom. The van der Waals surface area contributed by atoms with Crippen molar-refractivity contribution in [1.29, 1.82) is 5.26 Å². The number of nitriles is 1. The second-order valence-electron chi connectivity index (χ2n) is 4.46. The number of aliphatic imine (C=N–C) groups is 1. The van der Waals surface area contributed by atoms with Crippen LogP contribution >= 0.6 is 0 Å². The first-order valence-electron chi connectivity index (χ1n) is 6.69. The van der Waals surface area contributed by atoms with Crippen LogP contribution in [0.5, 0.6) is 5.75 Å². The first-order chi connectivity index (χ1) is 10.2. The van der Waals surface area contributed by atoms with Crippen molar-refractivity contribution in [3.05, 3.63) is 23.8 Å². The standard InChI is InChI=1S/C9H6N2O2.C6H11NO/c1-7-8(11-6-12)3-2-4-9(7)13-5-10;8-6-4-2-1-3-5-7-6/h2-4H,1H3;1-5H2,(H,7,8). The lowest BCUT2D eigenvalue weighted by Gasteiger charge is -2.01. The van der Waals surface area contributed by atoms with E-state index in [-0.39, 0.29) is 5.91 Å². The Morgan fingerprint density at radius 3 is 2.86 bits per heavy atom. The lowest BCUT2D eigenvalue weighted by Crippen LogP contribution is -2.21. The zero-order valence-electron chi connectivity index (χ0n) is 11.9. The molecule has 1 aromatic rings. The first kappa shape index (κ1) is 16.4. The van der Waals surface area contributed by atoms with Crippen LogP contribution in [-0.2, 0) is 9.59 Å². The van der Waals surface area contributed by atoms with Crippen molar-refractivity contribution < 1.29 is 14.3 Å². The van der Waals surface area contributed by atoms with Gasteiger partial charge in [-0.05, 0) is 31.9 Å². The second-order valence-corrected chi connectivity index (χ2v) is 4.46. The summed E-state index contributed by atoms with van der Waals surface area (Å²) in [7, 11) is 0. The van der Waals surface area contributed by atoms with Crippen LogP contribution in [0.3, 0.4) is 0 Å². The molecule has 1 amide bonds. The number of amides is 1. The molecule has 1 saturated heterocycles. The number of benzene rings is 1. The SMILES string of the molecule is Cc1c(N=C=O)cccc1OC#N.O=C1CCCCCN1. The smallest absolute Gasteiger partial charge is 0.292 e. The van der Waals surface area contributed by atoms with E-state index in [0.717, 1.165) is 25.8 Å². The van der Waals surface area contributed by atoms with Gasteiger partial charge in [-0.15, -0.1) is 5.26 Å². The molecule has 1 aromatic carbocycles. The van der Waals surface area contributed by atoms with Crippen LogP contribution in [0.15, 0.2) is 23.2 Å². The minimum absolute atomic E-state index is 0.225. The van der Waals surface area contributed by atoms with Crippen LogP contribution in [0.4, 0.5) is 5.69 Å². The Kier molecular flexibility index (Phi) is 7.26. The molecule has 6 heteroatoms. The second kappa shape index (κ2) is 9.29. The van der Waals surface area contributed by atoms with Crippen molar-refractivity contribution >= 4 is 17.7 Å². The molecular formula is C15H17N3O3. The number of carbonyl (C=O) groups is 1. The number of hydrogen-bond acceptors (Lipinski definition) is 5. The van der Waals surface area contributed by atoms with Crippen LogP contribution in [0.2, 0.25) is 0 Å². The molecule has 0 bridgehead atoms. The molecule has 1 heterocycles. The zero-order chi connectivity index (χ0) is 15.5. The highest BCUT2D eigenvalue weighted by Crippen LogP contribution is 2.26. The van der Waals surface area contributed by atoms with Gasteiger partial charge in [-0.25, -0.2) is 4.79 Å². The molecular weight excluding hydrogens is 270 g/mol. The summed E-state index contributed by atoms with van der Waals surface area (Å²) in [4.78, 5) is 24.0. The third kappa shape index (κ3) is 5.89. The summed E-state index contributed by atoms with van der Waals surface area (Å²) in [5.74, 6) is 0.626. The predicted octanol–water partition coefficient (Wildman–Crippen LogP) is 2.50. The Bertz CT molecular complexity index is 562. The van der Waals surface area contributed by atoms with Gasteiger partial charge in [-0.1, -0.05) is 12.5 Å². The Balaban J connectivity index is 0.000000235. The minimum atomic E-state index is 0.225. The number of nitrogens with zero attached hydrogens (tertiary/aromatic N) is 2. The van der Waals surface area contributed by atoms with Gasteiger partial charge in [0.15, 0.2) is 0 Å². The molecule has 1 N–H and O–H groups in total. The number of carbonyl (C=O) groups excluding carboxylic acids is 2. The molecule has 0 atom stereocenters. The molecule has 0 aliphatic carbocycles. The van der Waals surface area contributed by atoms with E-state index in [4.69, 9.17) is 5.26 Å². The van der Waals surface area contributed by atoms with Gasteiger partial charge in [0.05, 0.1) is 5.69 Å². The van der Waals surface area contributed by atoms with Gasteiger partial charge in [0, 0.05) is 18.5 Å². The monoisotopic (exact) mass is 287 g/mol. The highest BCUT2D eigenvalue weighted by molar-refractivity contribution is 5.75. The number of hydrogen-bond donors (Lipinski definition) is 1. The van der Waals surface area contributed by atoms with Gasteiger partial charge in [0.1, 0.15) is 5.75 Å². The van der Waals surface area contributed by atoms with Crippen molar-refractivity contribution in [2.45, 2.75) is 32.6 Å². The molecule has 0 radical (unpaired) electrons. The van der Waals surface area contributed by atoms with E-state index in [1.807, 2.05) is 0 Å². The number of rotatable bonds is 2. The average Bonchev–Trinajstić information content (AvgIpc) is 2.72. The van der Waals surface area contributed by atoms with Gasteiger partial charge in [-0.3, -0.25) is 4.79 Å². The summed E-state index contributed by atoms with van der Waals surface area (Å²) >= 11 is 0. The van der Waals surface area contributed by atoms with E-state index < -0.39 is 0 Å². The maximum Gasteiger partial charge on any atom is 0.292 e. The molecule has 1 aliphatic heterocycles. The fourth-order valence-corrected chi connectivity index (χ4v) is 1.84. The third-order valence-electron chi connectivity index (χ3n) is 2.98. The third-order valence-corrected chi connectivity index (χ3v) is 2.98.